The van der Waals surface area contributed by atoms with Crippen molar-refractivity contribution in [3.05, 3.63) is 92.4 Å². The number of benzene rings is 2. The highest BCUT2D eigenvalue weighted by Crippen LogP contribution is 2.20. The fraction of sp³-hybridized carbons (Fsp3) is 0.190. The van der Waals surface area contributed by atoms with E-state index in [9.17, 15) is 9.59 Å². The number of nitrogens with one attached hydrogen (secondary N) is 1. The van der Waals surface area contributed by atoms with Crippen molar-refractivity contribution in [3.63, 3.8) is 0 Å². The Balaban J connectivity index is 1.71. The molecule has 6 heteroatoms. The van der Waals surface area contributed by atoms with Crippen molar-refractivity contribution < 1.29 is 9.90 Å². The fourth-order valence-electron chi connectivity index (χ4n) is 2.67. The number of carbonyl (C=O) groups is 1. The van der Waals surface area contributed by atoms with Crippen LogP contribution in [-0.2, 0) is 12.2 Å². The molecule has 0 saturated carbocycles. The molecule has 0 atom stereocenters. The maximum Gasteiger partial charge on any atom is 0.335 e. The lowest BCUT2D eigenvalue weighted by atomic mass is 10.0. The number of rotatable bonds is 6. The molecule has 1 heterocycles. The van der Waals surface area contributed by atoms with Gasteiger partial charge in [0.15, 0.2) is 5.16 Å². The van der Waals surface area contributed by atoms with Crippen LogP contribution in [0.2, 0.25) is 0 Å². The average molecular weight is 380 g/mol. The molecule has 0 saturated heterocycles. The van der Waals surface area contributed by atoms with E-state index >= 15 is 0 Å². The molecule has 0 bridgehead atoms. The first-order chi connectivity index (χ1) is 12.9. The van der Waals surface area contributed by atoms with Gasteiger partial charge in [-0.3, -0.25) is 4.79 Å². The zero-order valence-electron chi connectivity index (χ0n) is 15.2. The Labute approximate surface area is 161 Å². The Kier molecular flexibility index (Phi) is 5.76. The molecule has 0 radical (unpaired) electrons. The molecule has 1 aromatic heterocycles. The van der Waals surface area contributed by atoms with E-state index in [0.29, 0.717) is 22.9 Å². The number of aromatic amines is 1. The molecule has 2 aromatic carbocycles. The van der Waals surface area contributed by atoms with Gasteiger partial charge in [0.25, 0.3) is 5.56 Å². The zero-order valence-corrected chi connectivity index (χ0v) is 16.0. The van der Waals surface area contributed by atoms with E-state index in [1.165, 1.54) is 17.3 Å². The Hall–Kier alpha value is -2.86. The van der Waals surface area contributed by atoms with Gasteiger partial charge in [-0.15, -0.1) is 0 Å². The van der Waals surface area contributed by atoms with E-state index in [1.807, 2.05) is 38.1 Å². The quantitative estimate of drug-likeness (QED) is 0.499. The van der Waals surface area contributed by atoms with Gasteiger partial charge >= 0.3 is 5.97 Å². The minimum absolute atomic E-state index is 0.119. The van der Waals surface area contributed by atoms with Crippen molar-refractivity contribution in [2.45, 2.75) is 31.2 Å². The topological polar surface area (TPSA) is 83.0 Å². The lowest BCUT2D eigenvalue weighted by molar-refractivity contribution is 0.0697. The van der Waals surface area contributed by atoms with Crippen LogP contribution in [0.25, 0.3) is 0 Å². The van der Waals surface area contributed by atoms with Gasteiger partial charge < -0.3 is 10.1 Å². The number of carboxylic acids is 1. The minimum atomic E-state index is -0.944. The molecular formula is C21H20N2O3S. The van der Waals surface area contributed by atoms with Gasteiger partial charge in [-0.25, -0.2) is 9.78 Å². The smallest absolute Gasteiger partial charge is 0.335 e. The number of hydrogen-bond acceptors (Lipinski definition) is 4. The fourth-order valence-corrected chi connectivity index (χ4v) is 3.53. The van der Waals surface area contributed by atoms with Crippen LogP contribution < -0.4 is 5.56 Å². The third kappa shape index (κ3) is 4.86. The molecule has 0 fully saturated rings. The maximum absolute atomic E-state index is 12.5. The average Bonchev–Trinajstić information content (AvgIpc) is 2.65. The summed E-state index contributed by atoms with van der Waals surface area (Å²) in [6.07, 6.45) is 0.552. The molecule has 5 nitrogen and oxygen atoms in total. The van der Waals surface area contributed by atoms with Crippen molar-refractivity contribution in [2.24, 2.45) is 0 Å². The lowest BCUT2D eigenvalue weighted by Crippen LogP contribution is -2.17. The molecule has 3 rings (SSSR count). The van der Waals surface area contributed by atoms with E-state index in [-0.39, 0.29) is 11.1 Å². The third-order valence-electron chi connectivity index (χ3n) is 4.28. The van der Waals surface area contributed by atoms with Crippen molar-refractivity contribution in [3.8, 4) is 0 Å². The number of aryl methyl sites for hydroxylation is 2. The van der Waals surface area contributed by atoms with Crippen molar-refractivity contribution in [2.75, 3.05) is 0 Å². The van der Waals surface area contributed by atoms with Gasteiger partial charge in [-0.05, 0) is 37.1 Å². The van der Waals surface area contributed by atoms with Crippen LogP contribution in [0.15, 0.2) is 58.5 Å². The first-order valence-electron chi connectivity index (χ1n) is 8.53. The summed E-state index contributed by atoms with van der Waals surface area (Å²) in [6, 6.07) is 14.8. The maximum atomic E-state index is 12.5. The number of aromatic nitrogens is 2. The first-order valence-corrected chi connectivity index (χ1v) is 9.51. The Morgan fingerprint density at radius 2 is 1.67 bits per heavy atom. The highest BCUT2D eigenvalue weighted by Gasteiger charge is 2.10. The SMILES string of the molecule is Cc1ccc(Cc2c(C)nc(SCc3ccc(C(=O)O)cc3)[nH]c2=O)cc1. The zero-order chi connectivity index (χ0) is 19.4. The van der Waals surface area contributed by atoms with E-state index in [1.54, 1.807) is 24.3 Å². The van der Waals surface area contributed by atoms with Gasteiger partial charge in [0, 0.05) is 23.4 Å². The Morgan fingerprint density at radius 1 is 1.04 bits per heavy atom. The summed E-state index contributed by atoms with van der Waals surface area (Å²) in [5, 5.41) is 9.50. The summed E-state index contributed by atoms with van der Waals surface area (Å²) in [5.74, 6) is -0.348. The van der Waals surface area contributed by atoms with Gasteiger partial charge in [0.1, 0.15) is 0 Å². The van der Waals surface area contributed by atoms with E-state index in [2.05, 4.69) is 9.97 Å². The molecule has 0 amide bonds. The number of carboxylic acid groups (broad SMARTS) is 1. The second-order valence-electron chi connectivity index (χ2n) is 6.39. The summed E-state index contributed by atoms with van der Waals surface area (Å²) in [5.41, 5.74) is 4.77. The predicted molar refractivity (Wildman–Crippen MR) is 107 cm³/mol. The van der Waals surface area contributed by atoms with E-state index < -0.39 is 5.97 Å². The highest BCUT2D eigenvalue weighted by atomic mass is 32.2. The van der Waals surface area contributed by atoms with Crippen LogP contribution in [0.3, 0.4) is 0 Å². The second kappa shape index (κ2) is 8.22. The Bertz CT molecular complexity index is 1010. The van der Waals surface area contributed by atoms with Crippen LogP contribution in [0.5, 0.6) is 0 Å². The van der Waals surface area contributed by atoms with Crippen LogP contribution >= 0.6 is 11.8 Å². The molecule has 0 spiro atoms. The van der Waals surface area contributed by atoms with Crippen LogP contribution in [0, 0.1) is 13.8 Å². The minimum Gasteiger partial charge on any atom is -0.478 e. The largest absolute Gasteiger partial charge is 0.478 e. The van der Waals surface area contributed by atoms with E-state index in [0.717, 1.165) is 16.8 Å². The van der Waals surface area contributed by atoms with Gasteiger partial charge in [-0.2, -0.15) is 0 Å². The van der Waals surface area contributed by atoms with Gasteiger partial charge in [0.05, 0.1) is 5.56 Å². The van der Waals surface area contributed by atoms with E-state index in [4.69, 9.17) is 5.11 Å². The highest BCUT2D eigenvalue weighted by molar-refractivity contribution is 7.98. The van der Waals surface area contributed by atoms with Gasteiger partial charge in [0.2, 0.25) is 0 Å². The van der Waals surface area contributed by atoms with Crippen LogP contribution in [0.4, 0.5) is 0 Å². The predicted octanol–water partition coefficient (Wildman–Crippen LogP) is 3.97. The number of hydrogen-bond donors (Lipinski definition) is 2. The summed E-state index contributed by atoms with van der Waals surface area (Å²) >= 11 is 1.42. The molecule has 2 N–H and O–H groups in total. The molecule has 0 aliphatic heterocycles. The molecular weight excluding hydrogens is 360 g/mol. The number of aromatic carboxylic acids is 1. The number of H-pyrrole nitrogens is 1. The molecule has 27 heavy (non-hydrogen) atoms. The number of nitrogens with zero attached hydrogens (tertiary/aromatic N) is 1. The molecule has 0 aliphatic carbocycles. The summed E-state index contributed by atoms with van der Waals surface area (Å²) in [6.45, 7) is 3.88. The van der Waals surface area contributed by atoms with Crippen LogP contribution in [0.1, 0.15) is 38.3 Å². The molecule has 0 unspecified atom stereocenters. The summed E-state index contributed by atoms with van der Waals surface area (Å²) in [4.78, 5) is 30.8. The van der Waals surface area contributed by atoms with Crippen molar-refractivity contribution in [1.29, 1.82) is 0 Å². The van der Waals surface area contributed by atoms with Gasteiger partial charge in [-0.1, -0.05) is 53.7 Å². The van der Waals surface area contributed by atoms with Crippen LogP contribution in [-0.4, -0.2) is 21.0 Å². The standard InChI is InChI=1S/C21H20N2O3S/c1-13-3-5-15(6-4-13)11-18-14(2)22-21(23-19(18)24)27-12-16-7-9-17(10-8-16)20(25)26/h3-10H,11-12H2,1-2H3,(H,25,26)(H,22,23,24). The molecule has 3 aromatic rings. The number of thioether (sulfide) groups is 1. The first kappa shape index (κ1) is 18.9. The monoisotopic (exact) mass is 380 g/mol. The second-order valence-corrected chi connectivity index (χ2v) is 7.35. The molecule has 138 valence electrons. The summed E-state index contributed by atoms with van der Waals surface area (Å²) < 4.78 is 0. The third-order valence-corrected chi connectivity index (χ3v) is 5.22. The Morgan fingerprint density at radius 3 is 2.26 bits per heavy atom. The summed E-state index contributed by atoms with van der Waals surface area (Å²) in [7, 11) is 0. The van der Waals surface area contributed by atoms with Crippen molar-refractivity contribution in [1.82, 2.24) is 9.97 Å². The normalized spacial score (nSPS) is 10.7. The van der Waals surface area contributed by atoms with Crippen molar-refractivity contribution >= 4 is 17.7 Å². The molecule has 0 aliphatic rings. The lowest BCUT2D eigenvalue weighted by Gasteiger charge is -2.08.